The third kappa shape index (κ3) is 7.32. The molecule has 0 radical (unpaired) electrons. The van der Waals surface area contributed by atoms with Gasteiger partial charge in [-0.3, -0.25) is 19.4 Å². The highest BCUT2D eigenvalue weighted by Gasteiger charge is 2.30. The van der Waals surface area contributed by atoms with Crippen molar-refractivity contribution < 1.29 is 27.6 Å². The molecule has 8 nitrogen and oxygen atoms in total. The zero-order valence-corrected chi connectivity index (χ0v) is 22.9. The summed E-state index contributed by atoms with van der Waals surface area (Å²) in [6, 6.07) is 24.5. The molecule has 4 aromatic carbocycles. The maximum Gasteiger partial charge on any atom is 0.416 e. The van der Waals surface area contributed by atoms with Crippen LogP contribution < -0.4 is 16.0 Å². The standard InChI is InChI=1S/C33H24F3N5O3/c34-33(35,36)24-12-10-22(11-13-24)27-6-1-2-7-28(27)31(43)41-26-5-3-4-23(18-26)30(42)39-19-21-8-14-25(15-9-21)40-32(44)29-20-37-16-17-38-29/h1-18,20H,19H2,(H,39,42)(H,40,44)(H,41,43). The van der Waals surface area contributed by atoms with Crippen LogP contribution in [0.5, 0.6) is 0 Å². The number of hydrogen-bond donors (Lipinski definition) is 3. The summed E-state index contributed by atoms with van der Waals surface area (Å²) in [5.74, 6) is -1.25. The Hall–Kier alpha value is -5.84. The lowest BCUT2D eigenvalue weighted by molar-refractivity contribution is -0.137. The van der Waals surface area contributed by atoms with E-state index in [1.807, 2.05) is 0 Å². The second-order valence-corrected chi connectivity index (χ2v) is 9.58. The minimum Gasteiger partial charge on any atom is -0.348 e. The van der Waals surface area contributed by atoms with Crippen LogP contribution in [-0.4, -0.2) is 27.7 Å². The van der Waals surface area contributed by atoms with E-state index in [9.17, 15) is 27.6 Å². The largest absolute Gasteiger partial charge is 0.416 e. The lowest BCUT2D eigenvalue weighted by Gasteiger charge is -2.13. The van der Waals surface area contributed by atoms with Gasteiger partial charge in [0.15, 0.2) is 0 Å². The number of nitrogens with zero attached hydrogens (tertiary/aromatic N) is 2. The topological polar surface area (TPSA) is 113 Å². The second-order valence-electron chi connectivity index (χ2n) is 9.58. The zero-order valence-electron chi connectivity index (χ0n) is 22.9. The van der Waals surface area contributed by atoms with Crippen LogP contribution in [0.1, 0.15) is 42.3 Å². The van der Waals surface area contributed by atoms with Gasteiger partial charge in [0, 0.05) is 41.4 Å². The molecule has 1 heterocycles. The Morgan fingerprint density at radius 2 is 1.43 bits per heavy atom. The molecule has 1 aromatic heterocycles. The Kier molecular flexibility index (Phi) is 8.75. The number of aromatic nitrogens is 2. The Morgan fingerprint density at radius 3 is 2.14 bits per heavy atom. The smallest absolute Gasteiger partial charge is 0.348 e. The lowest BCUT2D eigenvalue weighted by atomic mass is 9.98. The molecule has 0 atom stereocenters. The van der Waals surface area contributed by atoms with Gasteiger partial charge in [-0.1, -0.05) is 48.5 Å². The summed E-state index contributed by atoms with van der Waals surface area (Å²) in [4.78, 5) is 46.1. The number of benzene rings is 4. The van der Waals surface area contributed by atoms with E-state index in [1.54, 1.807) is 66.7 Å². The maximum absolute atomic E-state index is 13.2. The number of carbonyl (C=O) groups is 3. The molecule has 0 aliphatic rings. The molecule has 0 aliphatic carbocycles. The van der Waals surface area contributed by atoms with E-state index in [0.29, 0.717) is 28.1 Å². The number of hydrogen-bond acceptors (Lipinski definition) is 5. The van der Waals surface area contributed by atoms with Crippen LogP contribution in [0.2, 0.25) is 0 Å². The lowest BCUT2D eigenvalue weighted by Crippen LogP contribution is -2.23. The number of carbonyl (C=O) groups excluding carboxylic acids is 3. The number of nitrogens with one attached hydrogen (secondary N) is 3. The van der Waals surface area contributed by atoms with Gasteiger partial charge in [0.1, 0.15) is 5.69 Å². The summed E-state index contributed by atoms with van der Waals surface area (Å²) in [6.45, 7) is 0.217. The number of alkyl halides is 3. The summed E-state index contributed by atoms with van der Waals surface area (Å²) in [7, 11) is 0. The van der Waals surface area contributed by atoms with E-state index in [0.717, 1.165) is 17.7 Å². The van der Waals surface area contributed by atoms with Crippen LogP contribution in [0.25, 0.3) is 11.1 Å². The molecule has 0 saturated heterocycles. The Labute approximate surface area is 250 Å². The van der Waals surface area contributed by atoms with Crippen LogP contribution in [0.15, 0.2) is 116 Å². The first-order valence-electron chi connectivity index (χ1n) is 13.3. The van der Waals surface area contributed by atoms with Crippen LogP contribution in [-0.2, 0) is 12.7 Å². The third-order valence-corrected chi connectivity index (χ3v) is 6.54. The van der Waals surface area contributed by atoms with Crippen LogP contribution in [0.4, 0.5) is 24.5 Å². The summed E-state index contributed by atoms with van der Waals surface area (Å²) in [5.41, 5.74) is 2.62. The summed E-state index contributed by atoms with van der Waals surface area (Å²) in [6.07, 6.45) is -0.199. The van der Waals surface area contributed by atoms with Gasteiger partial charge in [0.05, 0.1) is 11.8 Å². The first-order valence-corrected chi connectivity index (χ1v) is 13.3. The average Bonchev–Trinajstić information content (AvgIpc) is 3.04. The van der Waals surface area contributed by atoms with Gasteiger partial charge in [-0.05, 0) is 65.2 Å². The van der Waals surface area contributed by atoms with Crippen molar-refractivity contribution in [2.24, 2.45) is 0 Å². The van der Waals surface area contributed by atoms with E-state index in [-0.39, 0.29) is 23.7 Å². The fraction of sp³-hybridized carbons (Fsp3) is 0.0606. The van der Waals surface area contributed by atoms with Crippen molar-refractivity contribution in [1.82, 2.24) is 15.3 Å². The molecule has 3 N–H and O–H groups in total. The molecule has 0 aliphatic heterocycles. The van der Waals surface area contributed by atoms with E-state index < -0.39 is 23.6 Å². The fourth-order valence-corrected chi connectivity index (χ4v) is 4.31. The highest BCUT2D eigenvalue weighted by atomic mass is 19.4. The Balaban J connectivity index is 1.20. The van der Waals surface area contributed by atoms with E-state index >= 15 is 0 Å². The number of amides is 3. The molecule has 0 saturated carbocycles. The van der Waals surface area contributed by atoms with Crippen LogP contribution in [0.3, 0.4) is 0 Å². The normalized spacial score (nSPS) is 11.0. The van der Waals surface area contributed by atoms with Gasteiger partial charge in [-0.2, -0.15) is 13.2 Å². The average molecular weight is 596 g/mol. The van der Waals surface area contributed by atoms with Gasteiger partial charge in [0.25, 0.3) is 17.7 Å². The van der Waals surface area contributed by atoms with E-state index in [1.165, 1.54) is 36.8 Å². The molecular weight excluding hydrogens is 571 g/mol. The monoisotopic (exact) mass is 595 g/mol. The Morgan fingerprint density at radius 1 is 0.705 bits per heavy atom. The number of rotatable bonds is 8. The molecule has 5 rings (SSSR count). The first kappa shape index (κ1) is 29.6. The van der Waals surface area contributed by atoms with Crippen molar-refractivity contribution in [3.8, 4) is 11.1 Å². The SMILES string of the molecule is O=C(NCc1ccc(NC(=O)c2cnccn2)cc1)c1cccc(NC(=O)c2ccccc2-c2ccc(C(F)(F)F)cc2)c1. The molecule has 44 heavy (non-hydrogen) atoms. The third-order valence-electron chi connectivity index (χ3n) is 6.54. The highest BCUT2D eigenvalue weighted by molar-refractivity contribution is 6.09. The Bertz CT molecular complexity index is 1790. The summed E-state index contributed by atoms with van der Waals surface area (Å²) < 4.78 is 39.0. The van der Waals surface area contributed by atoms with Gasteiger partial charge < -0.3 is 16.0 Å². The molecule has 220 valence electrons. The van der Waals surface area contributed by atoms with Gasteiger partial charge >= 0.3 is 6.18 Å². The molecular formula is C33H24F3N5O3. The van der Waals surface area contributed by atoms with E-state index in [2.05, 4.69) is 25.9 Å². The van der Waals surface area contributed by atoms with Crippen molar-refractivity contribution in [2.45, 2.75) is 12.7 Å². The molecule has 3 amide bonds. The molecule has 5 aromatic rings. The minimum atomic E-state index is -4.46. The zero-order chi connectivity index (χ0) is 31.1. The maximum atomic E-state index is 13.2. The molecule has 0 bridgehead atoms. The molecule has 0 spiro atoms. The molecule has 0 fully saturated rings. The van der Waals surface area contributed by atoms with Crippen molar-refractivity contribution in [3.63, 3.8) is 0 Å². The minimum absolute atomic E-state index is 0.186. The van der Waals surface area contributed by atoms with Crippen molar-refractivity contribution in [1.29, 1.82) is 0 Å². The van der Waals surface area contributed by atoms with Crippen molar-refractivity contribution >= 4 is 29.1 Å². The number of anilines is 2. The van der Waals surface area contributed by atoms with Gasteiger partial charge in [-0.15, -0.1) is 0 Å². The van der Waals surface area contributed by atoms with Crippen molar-refractivity contribution in [2.75, 3.05) is 10.6 Å². The van der Waals surface area contributed by atoms with Crippen LogP contribution >= 0.6 is 0 Å². The predicted octanol–water partition coefficient (Wildman–Crippen LogP) is 6.60. The summed E-state index contributed by atoms with van der Waals surface area (Å²) in [5, 5.41) is 8.31. The van der Waals surface area contributed by atoms with Crippen LogP contribution in [0, 0.1) is 0 Å². The van der Waals surface area contributed by atoms with E-state index in [4.69, 9.17) is 0 Å². The van der Waals surface area contributed by atoms with Gasteiger partial charge in [0.2, 0.25) is 0 Å². The van der Waals surface area contributed by atoms with Gasteiger partial charge in [-0.25, -0.2) is 4.98 Å². The summed E-state index contributed by atoms with van der Waals surface area (Å²) >= 11 is 0. The fourth-order valence-electron chi connectivity index (χ4n) is 4.31. The number of halogens is 3. The predicted molar refractivity (Wildman–Crippen MR) is 159 cm³/mol. The highest BCUT2D eigenvalue weighted by Crippen LogP contribution is 2.32. The molecule has 0 unspecified atom stereocenters. The first-order chi connectivity index (χ1) is 21.2. The van der Waals surface area contributed by atoms with Crippen molar-refractivity contribution in [3.05, 3.63) is 144 Å². The second kappa shape index (κ2) is 13.0. The molecule has 11 heteroatoms. The quantitative estimate of drug-likeness (QED) is 0.187.